The fourth-order valence-corrected chi connectivity index (χ4v) is 9.51. The van der Waals surface area contributed by atoms with Crippen LogP contribution in [-0.4, -0.2) is 6.71 Å². The zero-order valence-electron chi connectivity index (χ0n) is 29.7. The van der Waals surface area contributed by atoms with E-state index in [-0.39, 0.29) is 28.4 Å². The van der Waals surface area contributed by atoms with Crippen LogP contribution in [0.25, 0.3) is 10.1 Å². The van der Waals surface area contributed by atoms with Crippen LogP contribution in [0.15, 0.2) is 66.7 Å². The summed E-state index contributed by atoms with van der Waals surface area (Å²) in [5.41, 5.74) is 17.4. The Hall–Kier alpha value is -3.30. The van der Waals surface area contributed by atoms with Crippen LogP contribution in [-0.2, 0) is 34.5 Å². The smallest absolute Gasteiger partial charge is 0.260 e. The molecule has 0 N–H and O–H groups in total. The third-order valence-corrected chi connectivity index (χ3v) is 12.5. The van der Waals surface area contributed by atoms with Gasteiger partial charge in [-0.05, 0) is 104 Å². The van der Waals surface area contributed by atoms with E-state index in [0.717, 1.165) is 0 Å². The van der Waals surface area contributed by atoms with Crippen molar-refractivity contribution in [2.24, 2.45) is 0 Å². The van der Waals surface area contributed by atoms with E-state index >= 15 is 0 Å². The molecule has 1 aliphatic carbocycles. The molecule has 0 atom stereocenters. The third-order valence-electron chi connectivity index (χ3n) is 11.3. The van der Waals surface area contributed by atoms with Gasteiger partial charge in [0.05, 0.1) is 5.69 Å². The van der Waals surface area contributed by atoms with Gasteiger partial charge in [0.25, 0.3) is 6.71 Å². The first-order chi connectivity index (χ1) is 21.4. The Morgan fingerprint density at radius 2 is 1.30 bits per heavy atom. The van der Waals surface area contributed by atoms with E-state index in [1.54, 1.807) is 11.1 Å². The van der Waals surface area contributed by atoms with Crippen LogP contribution in [0.4, 0.5) is 17.1 Å². The van der Waals surface area contributed by atoms with Crippen LogP contribution in [0.3, 0.4) is 0 Å². The maximum atomic E-state index is 2.67. The van der Waals surface area contributed by atoms with Crippen molar-refractivity contribution in [3.63, 3.8) is 0 Å². The van der Waals surface area contributed by atoms with E-state index in [0.29, 0.717) is 0 Å². The lowest BCUT2D eigenvalue weighted by atomic mass is 9.32. The van der Waals surface area contributed by atoms with E-state index in [4.69, 9.17) is 0 Å². The summed E-state index contributed by atoms with van der Waals surface area (Å²) < 4.78 is 2.88. The van der Waals surface area contributed by atoms with Crippen molar-refractivity contribution in [3.8, 4) is 0 Å². The van der Waals surface area contributed by atoms with Crippen molar-refractivity contribution in [2.75, 3.05) is 4.90 Å². The van der Waals surface area contributed by atoms with Crippen molar-refractivity contribution < 1.29 is 0 Å². The zero-order valence-corrected chi connectivity index (χ0v) is 30.5. The molecule has 3 aliphatic rings. The first kappa shape index (κ1) is 30.1. The summed E-state index contributed by atoms with van der Waals surface area (Å²) >= 11 is 2.03. The standard InChI is InChI=1S/C43H48BNS/c1-40(2,3)27-17-18-36-31(24-27)38-39(46-36)44-34-20-26-16-15-25(26)19-33(34)43(10,11)32-13-12-14-35(37(32)44)45(38)30-22-28(41(4,5)6)21-29(23-30)42(7,8)9/h12-14,17-24H,15-16H2,1-11H3. The maximum absolute atomic E-state index is 2.67. The first-order valence-electron chi connectivity index (χ1n) is 17.3. The van der Waals surface area contributed by atoms with Crippen molar-refractivity contribution in [3.05, 3.63) is 106 Å². The molecule has 0 amide bonds. The lowest BCUT2D eigenvalue weighted by Gasteiger charge is -2.45. The van der Waals surface area contributed by atoms with Crippen molar-refractivity contribution in [1.82, 2.24) is 0 Å². The number of hydrogen-bond acceptors (Lipinski definition) is 2. The van der Waals surface area contributed by atoms with Gasteiger partial charge in [-0.3, -0.25) is 0 Å². The molecule has 3 heteroatoms. The monoisotopic (exact) mass is 621 g/mol. The molecule has 8 rings (SSSR count). The number of benzene rings is 4. The molecule has 1 aromatic heterocycles. The second-order valence-corrected chi connectivity index (χ2v) is 19.0. The number of thiophene rings is 1. The minimum Gasteiger partial charge on any atom is -0.310 e. The molecule has 5 aromatic rings. The Labute approximate surface area is 281 Å². The second-order valence-electron chi connectivity index (χ2n) is 17.9. The van der Waals surface area contributed by atoms with Gasteiger partial charge in [0, 0.05) is 31.7 Å². The Morgan fingerprint density at radius 1 is 0.674 bits per heavy atom. The van der Waals surface area contributed by atoms with Gasteiger partial charge in [0.15, 0.2) is 0 Å². The highest BCUT2D eigenvalue weighted by molar-refractivity contribution is 7.33. The van der Waals surface area contributed by atoms with E-state index in [9.17, 15) is 0 Å². The van der Waals surface area contributed by atoms with Gasteiger partial charge in [-0.1, -0.05) is 118 Å². The number of anilines is 3. The van der Waals surface area contributed by atoms with Gasteiger partial charge in [0.1, 0.15) is 0 Å². The molecule has 0 fully saturated rings. The normalized spacial score (nSPS) is 16.5. The van der Waals surface area contributed by atoms with E-state index in [2.05, 4.69) is 148 Å². The molecule has 234 valence electrons. The number of rotatable bonds is 1. The van der Waals surface area contributed by atoms with Gasteiger partial charge in [-0.15, -0.1) is 11.3 Å². The molecular formula is C43H48BNS. The number of fused-ring (bicyclic) bond motifs is 7. The summed E-state index contributed by atoms with van der Waals surface area (Å²) in [5.74, 6) is 0. The van der Waals surface area contributed by atoms with Crippen LogP contribution in [0.5, 0.6) is 0 Å². The predicted molar refractivity (Wildman–Crippen MR) is 203 cm³/mol. The highest BCUT2D eigenvalue weighted by atomic mass is 32.1. The summed E-state index contributed by atoms with van der Waals surface area (Å²) in [6.45, 7) is 26.3. The van der Waals surface area contributed by atoms with E-state index < -0.39 is 0 Å². The van der Waals surface area contributed by atoms with Crippen molar-refractivity contribution in [2.45, 2.75) is 111 Å². The minimum atomic E-state index is -0.0646. The lowest BCUT2D eigenvalue weighted by molar-refractivity contribution is 0.569. The van der Waals surface area contributed by atoms with Crippen LogP contribution in [0.2, 0.25) is 0 Å². The molecule has 2 aliphatic heterocycles. The first-order valence-corrected chi connectivity index (χ1v) is 18.1. The molecule has 0 bridgehead atoms. The average molecular weight is 622 g/mol. The molecule has 0 spiro atoms. The largest absolute Gasteiger partial charge is 0.310 e. The van der Waals surface area contributed by atoms with Crippen molar-refractivity contribution >= 4 is 60.9 Å². The maximum Gasteiger partial charge on any atom is 0.260 e. The topological polar surface area (TPSA) is 3.24 Å². The van der Waals surface area contributed by atoms with Gasteiger partial charge in [-0.25, -0.2) is 0 Å². The molecular weight excluding hydrogens is 573 g/mol. The predicted octanol–water partition coefficient (Wildman–Crippen LogP) is 9.83. The van der Waals surface area contributed by atoms with Crippen LogP contribution < -0.4 is 20.6 Å². The Morgan fingerprint density at radius 3 is 1.91 bits per heavy atom. The fraction of sp³-hybridized carbons (Fsp3) is 0.395. The Balaban J connectivity index is 1.51. The molecule has 0 unspecified atom stereocenters. The summed E-state index contributed by atoms with van der Waals surface area (Å²) in [7, 11) is 0. The minimum absolute atomic E-state index is 0.0339. The second kappa shape index (κ2) is 9.41. The van der Waals surface area contributed by atoms with E-state index in [1.165, 1.54) is 83.5 Å². The fourth-order valence-electron chi connectivity index (χ4n) is 8.21. The van der Waals surface area contributed by atoms with Crippen LogP contribution >= 0.6 is 11.3 Å². The highest BCUT2D eigenvalue weighted by Crippen LogP contribution is 2.49. The SMILES string of the molecule is CC(C)(C)c1cc(N2c3cccc4c3B(c3cc5c(cc3C4(C)C)CC5)c3sc4ccc(C(C)(C)C)cc4c32)cc(C(C)(C)C)c1. The summed E-state index contributed by atoms with van der Waals surface area (Å²) in [6, 6.07) is 27.0. The summed E-state index contributed by atoms with van der Waals surface area (Å²) in [5, 5.41) is 1.39. The third kappa shape index (κ3) is 4.26. The number of hydrogen-bond donors (Lipinski definition) is 0. The molecule has 0 saturated carbocycles. The number of aryl methyl sites for hydroxylation is 2. The average Bonchev–Trinajstić information content (AvgIpc) is 3.32. The van der Waals surface area contributed by atoms with Crippen molar-refractivity contribution in [1.29, 1.82) is 0 Å². The molecule has 46 heavy (non-hydrogen) atoms. The quantitative estimate of drug-likeness (QED) is 0.165. The molecule has 3 heterocycles. The molecule has 0 radical (unpaired) electrons. The van der Waals surface area contributed by atoms with Gasteiger partial charge in [-0.2, -0.15) is 0 Å². The van der Waals surface area contributed by atoms with Gasteiger partial charge in [0.2, 0.25) is 0 Å². The Bertz CT molecular complexity index is 2060. The number of nitrogens with zero attached hydrogens (tertiary/aromatic N) is 1. The molecule has 4 aromatic carbocycles. The van der Waals surface area contributed by atoms with Crippen LogP contribution in [0.1, 0.15) is 115 Å². The van der Waals surface area contributed by atoms with E-state index in [1.807, 2.05) is 11.3 Å². The van der Waals surface area contributed by atoms with Crippen LogP contribution in [0, 0.1) is 0 Å². The molecule has 0 saturated heterocycles. The van der Waals surface area contributed by atoms with Gasteiger partial charge >= 0.3 is 0 Å². The summed E-state index contributed by atoms with van der Waals surface area (Å²) in [6.07, 6.45) is 2.42. The molecule has 1 nitrogen and oxygen atoms in total. The summed E-state index contributed by atoms with van der Waals surface area (Å²) in [4.78, 5) is 2.67. The van der Waals surface area contributed by atoms with Gasteiger partial charge < -0.3 is 4.90 Å². The lowest BCUT2D eigenvalue weighted by Crippen LogP contribution is -2.63. The zero-order chi connectivity index (χ0) is 32.7. The Kier molecular flexibility index (Phi) is 6.15. The highest BCUT2D eigenvalue weighted by Gasteiger charge is 2.48.